The Labute approximate surface area is 143 Å². The van der Waals surface area contributed by atoms with Crippen LogP contribution in [0.25, 0.3) is 10.9 Å². The molecule has 0 bridgehead atoms. The van der Waals surface area contributed by atoms with Crippen LogP contribution in [-0.2, 0) is 6.54 Å². The summed E-state index contributed by atoms with van der Waals surface area (Å²) in [4.78, 5) is 15.7. The van der Waals surface area contributed by atoms with E-state index in [0.717, 1.165) is 16.5 Å². The molecule has 0 saturated carbocycles. The van der Waals surface area contributed by atoms with Crippen LogP contribution >= 0.6 is 11.6 Å². The number of anilines is 1. The molecule has 5 nitrogen and oxygen atoms in total. The highest BCUT2D eigenvalue weighted by Gasteiger charge is 2.14. The number of fused-ring (bicyclic) bond motifs is 1. The third kappa shape index (κ3) is 3.12. The molecule has 0 amide bonds. The number of ether oxygens (including phenoxy) is 1. The number of benzene rings is 2. The summed E-state index contributed by atoms with van der Waals surface area (Å²) in [6, 6.07) is 12.9. The third-order valence-electron chi connectivity index (χ3n) is 3.69. The smallest absolute Gasteiger partial charge is 0.339 e. The van der Waals surface area contributed by atoms with E-state index < -0.39 is 5.97 Å². The van der Waals surface area contributed by atoms with Crippen molar-refractivity contribution in [2.24, 2.45) is 0 Å². The first-order valence-corrected chi connectivity index (χ1v) is 7.65. The van der Waals surface area contributed by atoms with Gasteiger partial charge in [0.2, 0.25) is 0 Å². The Kier molecular flexibility index (Phi) is 4.53. The number of halogens is 1. The Morgan fingerprint density at radius 3 is 2.79 bits per heavy atom. The molecule has 2 aromatic carbocycles. The molecule has 122 valence electrons. The first-order chi connectivity index (χ1) is 11.6. The number of pyridine rings is 1. The van der Waals surface area contributed by atoms with Gasteiger partial charge in [0.1, 0.15) is 11.3 Å². The van der Waals surface area contributed by atoms with Gasteiger partial charge in [0.15, 0.2) is 0 Å². The number of methoxy groups -OCH3 is 1. The van der Waals surface area contributed by atoms with Gasteiger partial charge in [-0.15, -0.1) is 0 Å². The SMILES string of the molecule is COc1ccc(CNc2c(C(=O)O)cnc3ccccc23)cc1Cl. The molecule has 0 unspecified atom stereocenters. The Morgan fingerprint density at radius 2 is 2.08 bits per heavy atom. The minimum absolute atomic E-state index is 0.133. The topological polar surface area (TPSA) is 71.5 Å². The summed E-state index contributed by atoms with van der Waals surface area (Å²) in [5.41, 5.74) is 2.32. The van der Waals surface area contributed by atoms with Gasteiger partial charge in [-0.1, -0.05) is 35.9 Å². The lowest BCUT2D eigenvalue weighted by atomic mass is 10.1. The zero-order valence-electron chi connectivity index (χ0n) is 12.9. The first kappa shape index (κ1) is 16.1. The summed E-state index contributed by atoms with van der Waals surface area (Å²) in [5.74, 6) is -0.426. The predicted octanol–water partition coefficient (Wildman–Crippen LogP) is 4.21. The predicted molar refractivity (Wildman–Crippen MR) is 94.0 cm³/mol. The zero-order valence-corrected chi connectivity index (χ0v) is 13.7. The van der Waals surface area contributed by atoms with E-state index in [1.54, 1.807) is 19.2 Å². The second-order valence-electron chi connectivity index (χ2n) is 5.19. The van der Waals surface area contributed by atoms with Crippen LogP contribution in [-0.4, -0.2) is 23.2 Å². The fourth-order valence-corrected chi connectivity index (χ4v) is 2.78. The number of hydrogen-bond acceptors (Lipinski definition) is 4. The van der Waals surface area contributed by atoms with E-state index in [9.17, 15) is 9.90 Å². The van der Waals surface area contributed by atoms with E-state index in [-0.39, 0.29) is 5.56 Å². The Bertz CT molecular complexity index is 912. The van der Waals surface area contributed by atoms with Crippen LogP contribution in [0.15, 0.2) is 48.7 Å². The summed E-state index contributed by atoms with van der Waals surface area (Å²) in [6.07, 6.45) is 1.37. The van der Waals surface area contributed by atoms with Gasteiger partial charge in [-0.2, -0.15) is 0 Å². The molecule has 1 aromatic heterocycles. The Morgan fingerprint density at radius 1 is 1.29 bits per heavy atom. The van der Waals surface area contributed by atoms with Crippen molar-refractivity contribution in [2.75, 3.05) is 12.4 Å². The molecular weight excluding hydrogens is 328 g/mol. The highest BCUT2D eigenvalue weighted by atomic mass is 35.5. The molecule has 0 atom stereocenters. The van der Waals surface area contributed by atoms with Gasteiger partial charge in [0.25, 0.3) is 0 Å². The monoisotopic (exact) mass is 342 g/mol. The molecule has 2 N–H and O–H groups in total. The van der Waals surface area contributed by atoms with Crippen molar-refractivity contribution in [3.05, 3.63) is 64.8 Å². The van der Waals surface area contributed by atoms with Crippen LogP contribution in [0.5, 0.6) is 5.75 Å². The van der Waals surface area contributed by atoms with Crippen molar-refractivity contribution in [1.82, 2.24) is 4.98 Å². The number of nitrogens with zero attached hydrogens (tertiary/aromatic N) is 1. The summed E-state index contributed by atoms with van der Waals surface area (Å²) in [6.45, 7) is 0.429. The lowest BCUT2D eigenvalue weighted by Gasteiger charge is -2.13. The Balaban J connectivity index is 1.95. The molecule has 0 saturated heterocycles. The van der Waals surface area contributed by atoms with E-state index in [4.69, 9.17) is 16.3 Å². The van der Waals surface area contributed by atoms with E-state index >= 15 is 0 Å². The van der Waals surface area contributed by atoms with Crippen LogP contribution in [0, 0.1) is 0 Å². The quantitative estimate of drug-likeness (QED) is 0.726. The van der Waals surface area contributed by atoms with Crippen LogP contribution in [0.4, 0.5) is 5.69 Å². The van der Waals surface area contributed by atoms with Crippen LogP contribution in [0.2, 0.25) is 5.02 Å². The average Bonchev–Trinajstić information content (AvgIpc) is 2.59. The molecule has 3 rings (SSSR count). The summed E-state index contributed by atoms with van der Waals surface area (Å²) >= 11 is 6.13. The maximum atomic E-state index is 11.5. The van der Waals surface area contributed by atoms with Gasteiger partial charge in [-0.05, 0) is 23.8 Å². The third-order valence-corrected chi connectivity index (χ3v) is 3.99. The number of carboxylic acids is 1. The maximum Gasteiger partial charge on any atom is 0.339 e. The van der Waals surface area contributed by atoms with Gasteiger partial charge < -0.3 is 15.2 Å². The fourth-order valence-electron chi connectivity index (χ4n) is 2.50. The summed E-state index contributed by atoms with van der Waals surface area (Å²) < 4.78 is 5.13. The molecular formula is C18H15ClN2O3. The molecule has 3 aromatic rings. The van der Waals surface area contributed by atoms with Gasteiger partial charge >= 0.3 is 5.97 Å². The van der Waals surface area contributed by atoms with Gasteiger partial charge in [-0.25, -0.2) is 4.79 Å². The second-order valence-corrected chi connectivity index (χ2v) is 5.60. The molecule has 0 aliphatic rings. The first-order valence-electron chi connectivity index (χ1n) is 7.27. The van der Waals surface area contributed by atoms with Crippen LogP contribution in [0.1, 0.15) is 15.9 Å². The van der Waals surface area contributed by atoms with Crippen molar-refractivity contribution in [1.29, 1.82) is 0 Å². The fraction of sp³-hybridized carbons (Fsp3) is 0.111. The minimum atomic E-state index is -1.02. The maximum absolute atomic E-state index is 11.5. The van der Waals surface area contributed by atoms with Crippen LogP contribution in [0.3, 0.4) is 0 Å². The summed E-state index contributed by atoms with van der Waals surface area (Å²) in [5, 5.41) is 13.9. The molecule has 0 radical (unpaired) electrons. The standard InChI is InChI=1S/C18H15ClN2O3/c1-24-16-7-6-11(8-14(16)19)9-21-17-12-4-2-3-5-15(12)20-10-13(17)18(22)23/h2-8,10H,9H2,1H3,(H,20,21)(H,22,23). The number of carboxylic acid groups (broad SMARTS) is 1. The normalized spacial score (nSPS) is 10.6. The number of aromatic nitrogens is 1. The lowest BCUT2D eigenvalue weighted by Crippen LogP contribution is -2.08. The van der Waals surface area contributed by atoms with Crippen molar-refractivity contribution in [3.63, 3.8) is 0 Å². The van der Waals surface area contributed by atoms with Crippen molar-refractivity contribution in [3.8, 4) is 5.75 Å². The summed E-state index contributed by atoms with van der Waals surface area (Å²) in [7, 11) is 1.56. The van der Waals surface area contributed by atoms with Crippen molar-refractivity contribution in [2.45, 2.75) is 6.54 Å². The minimum Gasteiger partial charge on any atom is -0.495 e. The molecule has 0 aliphatic carbocycles. The van der Waals surface area contributed by atoms with Crippen molar-refractivity contribution < 1.29 is 14.6 Å². The highest BCUT2D eigenvalue weighted by molar-refractivity contribution is 6.32. The van der Waals surface area contributed by atoms with E-state index in [2.05, 4.69) is 10.3 Å². The molecule has 1 heterocycles. The molecule has 24 heavy (non-hydrogen) atoms. The molecule has 6 heteroatoms. The molecule has 0 spiro atoms. The number of carbonyl (C=O) groups is 1. The van der Waals surface area contributed by atoms with Crippen molar-refractivity contribution >= 4 is 34.2 Å². The number of hydrogen-bond donors (Lipinski definition) is 2. The highest BCUT2D eigenvalue weighted by Crippen LogP contribution is 2.28. The second kappa shape index (κ2) is 6.76. The Hall–Kier alpha value is -2.79. The number of rotatable bonds is 5. The van der Waals surface area contributed by atoms with Gasteiger partial charge in [0, 0.05) is 18.1 Å². The number of nitrogens with one attached hydrogen (secondary N) is 1. The van der Waals surface area contributed by atoms with E-state index in [1.807, 2.05) is 30.3 Å². The van der Waals surface area contributed by atoms with Crippen LogP contribution < -0.4 is 10.1 Å². The largest absolute Gasteiger partial charge is 0.495 e. The molecule has 0 aliphatic heterocycles. The van der Waals surface area contributed by atoms with Gasteiger partial charge in [-0.3, -0.25) is 4.98 Å². The zero-order chi connectivity index (χ0) is 17.1. The van der Waals surface area contributed by atoms with E-state index in [0.29, 0.717) is 23.0 Å². The number of aromatic carboxylic acids is 1. The number of para-hydroxylation sites is 1. The van der Waals surface area contributed by atoms with Gasteiger partial charge in [0.05, 0.1) is 23.3 Å². The lowest BCUT2D eigenvalue weighted by molar-refractivity contribution is 0.0697. The molecule has 0 fully saturated rings. The van der Waals surface area contributed by atoms with E-state index in [1.165, 1.54) is 6.20 Å². The average molecular weight is 343 g/mol.